The first-order chi connectivity index (χ1) is 13.8. The lowest BCUT2D eigenvalue weighted by Gasteiger charge is -2.16. The molecule has 0 unspecified atom stereocenters. The van der Waals surface area contributed by atoms with Gasteiger partial charge in [-0.1, -0.05) is 15.9 Å². The van der Waals surface area contributed by atoms with Gasteiger partial charge in [0.15, 0.2) is 12.4 Å². The van der Waals surface area contributed by atoms with Gasteiger partial charge in [0.1, 0.15) is 0 Å². The molecular formula is C21H19BrN2O5. The largest absolute Gasteiger partial charge is 0.455 e. The molecule has 2 aromatic rings. The van der Waals surface area contributed by atoms with Crippen LogP contribution in [0.2, 0.25) is 0 Å². The number of amides is 2. The van der Waals surface area contributed by atoms with Crippen molar-refractivity contribution in [1.29, 1.82) is 0 Å². The molecule has 1 aliphatic heterocycles. The molecule has 0 bridgehead atoms. The topological polar surface area (TPSA) is 92.8 Å². The molecular weight excluding hydrogens is 440 g/mol. The number of hydrogen-bond acceptors (Lipinski definition) is 5. The molecule has 2 aromatic carbocycles. The van der Waals surface area contributed by atoms with Crippen LogP contribution >= 0.6 is 15.9 Å². The number of Topliss-reactive ketones (excluding diaryl/α,β-unsaturated/α-hetero) is 1. The number of esters is 1. The molecule has 0 aromatic heterocycles. The van der Waals surface area contributed by atoms with Gasteiger partial charge in [0, 0.05) is 34.4 Å². The van der Waals surface area contributed by atoms with E-state index in [9.17, 15) is 19.2 Å². The van der Waals surface area contributed by atoms with Crippen LogP contribution in [-0.4, -0.2) is 36.7 Å². The maximum atomic E-state index is 12.3. The van der Waals surface area contributed by atoms with E-state index in [4.69, 9.17) is 4.74 Å². The van der Waals surface area contributed by atoms with Crippen LogP contribution in [0, 0.1) is 5.92 Å². The van der Waals surface area contributed by atoms with Crippen LogP contribution in [0.3, 0.4) is 0 Å². The molecule has 0 aliphatic carbocycles. The average molecular weight is 459 g/mol. The van der Waals surface area contributed by atoms with Gasteiger partial charge < -0.3 is 15.0 Å². The predicted octanol–water partition coefficient (Wildman–Crippen LogP) is 3.19. The SMILES string of the molecule is CC(=O)c1ccc(NC(=O)COC(=O)[C@H]2CC(=O)N(c3ccc(Br)cc3)C2)cc1. The van der Waals surface area contributed by atoms with Crippen molar-refractivity contribution in [1.82, 2.24) is 0 Å². The van der Waals surface area contributed by atoms with Crippen molar-refractivity contribution in [3.63, 3.8) is 0 Å². The molecule has 3 rings (SSSR count). The smallest absolute Gasteiger partial charge is 0.311 e. The Labute approximate surface area is 176 Å². The average Bonchev–Trinajstić information content (AvgIpc) is 3.09. The van der Waals surface area contributed by atoms with Crippen molar-refractivity contribution in [2.45, 2.75) is 13.3 Å². The highest BCUT2D eigenvalue weighted by Crippen LogP contribution is 2.27. The molecule has 0 saturated carbocycles. The first-order valence-corrected chi connectivity index (χ1v) is 9.76. The van der Waals surface area contributed by atoms with E-state index in [0.29, 0.717) is 16.9 Å². The molecule has 7 nitrogen and oxygen atoms in total. The van der Waals surface area contributed by atoms with E-state index in [1.807, 2.05) is 12.1 Å². The number of hydrogen-bond donors (Lipinski definition) is 1. The van der Waals surface area contributed by atoms with Gasteiger partial charge in [0.25, 0.3) is 5.91 Å². The third-order valence-electron chi connectivity index (χ3n) is 4.52. The van der Waals surface area contributed by atoms with Crippen LogP contribution < -0.4 is 10.2 Å². The van der Waals surface area contributed by atoms with Gasteiger partial charge in [0.05, 0.1) is 5.92 Å². The van der Waals surface area contributed by atoms with Crippen LogP contribution in [-0.2, 0) is 19.1 Å². The highest BCUT2D eigenvalue weighted by molar-refractivity contribution is 9.10. The fraction of sp³-hybridized carbons (Fsp3) is 0.238. The van der Waals surface area contributed by atoms with Gasteiger partial charge >= 0.3 is 5.97 Å². The summed E-state index contributed by atoms with van der Waals surface area (Å²) in [5, 5.41) is 2.59. The number of ketones is 1. The summed E-state index contributed by atoms with van der Waals surface area (Å²) in [6, 6.07) is 13.6. The lowest BCUT2D eigenvalue weighted by atomic mass is 10.1. The van der Waals surface area contributed by atoms with E-state index < -0.39 is 24.4 Å². The van der Waals surface area contributed by atoms with E-state index in [0.717, 1.165) is 4.47 Å². The number of nitrogens with one attached hydrogen (secondary N) is 1. The van der Waals surface area contributed by atoms with Crippen molar-refractivity contribution in [2.75, 3.05) is 23.4 Å². The van der Waals surface area contributed by atoms with Crippen LogP contribution in [0.1, 0.15) is 23.7 Å². The maximum Gasteiger partial charge on any atom is 0.311 e. The number of carbonyl (C=O) groups excluding carboxylic acids is 4. The van der Waals surface area contributed by atoms with E-state index in [-0.39, 0.29) is 24.7 Å². The number of nitrogens with zero attached hydrogens (tertiary/aromatic N) is 1. The summed E-state index contributed by atoms with van der Waals surface area (Å²) in [6.07, 6.45) is 0.0447. The Morgan fingerprint density at radius 1 is 1.10 bits per heavy atom. The Morgan fingerprint density at radius 3 is 2.38 bits per heavy atom. The van der Waals surface area contributed by atoms with Crippen molar-refractivity contribution < 1.29 is 23.9 Å². The Kier molecular flexibility index (Phi) is 6.43. The molecule has 1 N–H and O–H groups in total. The lowest BCUT2D eigenvalue weighted by molar-refractivity contribution is -0.151. The number of anilines is 2. The Balaban J connectivity index is 1.50. The standard InChI is InChI=1S/C21H19BrN2O5/c1-13(25)14-2-6-17(7-3-14)23-19(26)12-29-21(28)15-10-20(27)24(11-15)18-8-4-16(22)5-9-18/h2-9,15H,10-12H2,1H3,(H,23,26)/t15-/m0/s1. The summed E-state index contributed by atoms with van der Waals surface area (Å²) in [5.74, 6) is -1.93. The summed E-state index contributed by atoms with van der Waals surface area (Å²) in [7, 11) is 0. The Bertz CT molecular complexity index is 941. The van der Waals surface area contributed by atoms with Gasteiger partial charge in [-0.3, -0.25) is 19.2 Å². The highest BCUT2D eigenvalue weighted by atomic mass is 79.9. The third-order valence-corrected chi connectivity index (χ3v) is 5.05. The number of ether oxygens (including phenoxy) is 1. The number of rotatable bonds is 6. The summed E-state index contributed by atoms with van der Waals surface area (Å²) < 4.78 is 5.98. The van der Waals surface area contributed by atoms with Crippen molar-refractivity contribution in [2.24, 2.45) is 5.92 Å². The predicted molar refractivity (Wildman–Crippen MR) is 111 cm³/mol. The molecule has 150 valence electrons. The van der Waals surface area contributed by atoms with E-state index in [2.05, 4.69) is 21.2 Å². The van der Waals surface area contributed by atoms with E-state index in [1.54, 1.807) is 36.4 Å². The minimum atomic E-state index is -0.617. The van der Waals surface area contributed by atoms with Crippen molar-refractivity contribution in [3.8, 4) is 0 Å². The second-order valence-electron chi connectivity index (χ2n) is 6.67. The van der Waals surface area contributed by atoms with Gasteiger partial charge in [0.2, 0.25) is 5.91 Å². The molecule has 0 radical (unpaired) electrons. The molecule has 29 heavy (non-hydrogen) atoms. The van der Waals surface area contributed by atoms with Crippen LogP contribution in [0.5, 0.6) is 0 Å². The maximum absolute atomic E-state index is 12.3. The summed E-state index contributed by atoms with van der Waals surface area (Å²) >= 11 is 3.34. The van der Waals surface area contributed by atoms with E-state index >= 15 is 0 Å². The quantitative estimate of drug-likeness (QED) is 0.529. The molecule has 2 amide bonds. The normalized spacial score (nSPS) is 15.9. The third kappa shape index (κ3) is 5.29. The Morgan fingerprint density at radius 2 is 1.76 bits per heavy atom. The molecule has 0 spiro atoms. The Hall–Kier alpha value is -3.00. The zero-order valence-electron chi connectivity index (χ0n) is 15.7. The minimum Gasteiger partial charge on any atom is -0.455 e. The molecule has 1 atom stereocenters. The second-order valence-corrected chi connectivity index (χ2v) is 7.59. The van der Waals surface area contributed by atoms with Crippen LogP contribution in [0.15, 0.2) is 53.0 Å². The van der Waals surface area contributed by atoms with Crippen molar-refractivity contribution >= 4 is 50.9 Å². The van der Waals surface area contributed by atoms with Gasteiger partial charge in [-0.2, -0.15) is 0 Å². The van der Waals surface area contributed by atoms with Gasteiger partial charge in [-0.15, -0.1) is 0 Å². The van der Waals surface area contributed by atoms with Gasteiger partial charge in [-0.05, 0) is 55.5 Å². The minimum absolute atomic E-state index is 0.0447. The number of benzene rings is 2. The fourth-order valence-corrected chi connectivity index (χ4v) is 3.24. The first kappa shape index (κ1) is 20.7. The van der Waals surface area contributed by atoms with E-state index in [1.165, 1.54) is 11.8 Å². The summed E-state index contributed by atoms with van der Waals surface area (Å²) in [6.45, 7) is 1.22. The lowest BCUT2D eigenvalue weighted by Crippen LogP contribution is -2.28. The zero-order chi connectivity index (χ0) is 21.0. The highest BCUT2D eigenvalue weighted by Gasteiger charge is 2.36. The molecule has 1 aliphatic rings. The first-order valence-electron chi connectivity index (χ1n) is 8.97. The molecule has 8 heteroatoms. The van der Waals surface area contributed by atoms with Crippen LogP contribution in [0.4, 0.5) is 11.4 Å². The molecule has 1 fully saturated rings. The number of halogens is 1. The van der Waals surface area contributed by atoms with Crippen LogP contribution in [0.25, 0.3) is 0 Å². The monoisotopic (exact) mass is 458 g/mol. The van der Waals surface area contributed by atoms with Crippen molar-refractivity contribution in [3.05, 3.63) is 58.6 Å². The van der Waals surface area contributed by atoms with Gasteiger partial charge in [-0.25, -0.2) is 0 Å². The molecule has 1 heterocycles. The zero-order valence-corrected chi connectivity index (χ0v) is 17.3. The summed E-state index contributed by atoms with van der Waals surface area (Å²) in [5.41, 5.74) is 1.74. The summed E-state index contributed by atoms with van der Waals surface area (Å²) in [4.78, 5) is 49.3. The fourth-order valence-electron chi connectivity index (χ4n) is 2.98. The number of carbonyl (C=O) groups is 4. The molecule has 1 saturated heterocycles. The second kappa shape index (κ2) is 9.00.